The third-order valence-electron chi connectivity index (χ3n) is 8.24. The lowest BCUT2D eigenvalue weighted by molar-refractivity contribution is -0.165. The first kappa shape index (κ1) is 27.3. The van der Waals surface area contributed by atoms with Gasteiger partial charge in [-0.15, -0.1) is 0 Å². The Hall–Kier alpha value is -2.93. The average molecular weight is 572 g/mol. The Morgan fingerprint density at radius 1 is 1.15 bits per heavy atom. The van der Waals surface area contributed by atoms with Crippen LogP contribution in [0.1, 0.15) is 56.2 Å². The molecule has 6 heterocycles. The number of nitrogens with one attached hydrogen (secondary N) is 2. The van der Waals surface area contributed by atoms with Crippen LogP contribution in [0.5, 0.6) is 11.6 Å². The van der Waals surface area contributed by atoms with Crippen LogP contribution in [0.4, 0.5) is 10.2 Å². The first-order valence-electron chi connectivity index (χ1n) is 13.8. The maximum Gasteiger partial charge on any atom is 0.213 e. The third kappa shape index (κ3) is 5.76. The zero-order chi connectivity index (χ0) is 27.6. The fourth-order valence-electron chi connectivity index (χ4n) is 5.76. The topological polar surface area (TPSA) is 128 Å². The highest BCUT2D eigenvalue weighted by Crippen LogP contribution is 2.46. The number of pyridine rings is 3. The molecule has 0 aromatic carbocycles. The number of aliphatic hydroxyl groups excluding tert-OH is 1. The second-order valence-corrected chi connectivity index (χ2v) is 12.0. The molecule has 1 saturated carbocycles. The maximum absolute atomic E-state index is 15.0. The van der Waals surface area contributed by atoms with Gasteiger partial charge in [-0.2, -0.15) is 0 Å². The van der Waals surface area contributed by atoms with Crippen LogP contribution in [0, 0.1) is 5.82 Å². The van der Waals surface area contributed by atoms with E-state index in [-0.39, 0.29) is 29.5 Å². The van der Waals surface area contributed by atoms with Crippen molar-refractivity contribution in [3.05, 3.63) is 47.5 Å². The summed E-state index contributed by atoms with van der Waals surface area (Å²) in [6.07, 6.45) is 7.57. The molecule has 3 fully saturated rings. The van der Waals surface area contributed by atoms with E-state index in [0.717, 1.165) is 37.8 Å². The summed E-state index contributed by atoms with van der Waals surface area (Å²) in [6, 6.07) is 7.33. The number of nitrogens with zero attached hydrogens (tertiary/aromatic N) is 3. The van der Waals surface area contributed by atoms with Gasteiger partial charge in [-0.05, 0) is 69.6 Å². The Morgan fingerprint density at radius 2 is 2.02 bits per heavy atom. The van der Waals surface area contributed by atoms with Gasteiger partial charge in [0.25, 0.3) is 0 Å². The van der Waals surface area contributed by atoms with Crippen molar-refractivity contribution in [1.82, 2.24) is 20.3 Å². The predicted octanol–water partition coefficient (Wildman–Crippen LogP) is 3.54. The van der Waals surface area contributed by atoms with Crippen molar-refractivity contribution >= 4 is 27.8 Å². The minimum absolute atomic E-state index is 0.121. The Labute approximate surface area is 234 Å². The quantitative estimate of drug-likeness (QED) is 0.296. The lowest BCUT2D eigenvalue weighted by Gasteiger charge is -2.53. The van der Waals surface area contributed by atoms with E-state index in [2.05, 4.69) is 25.0 Å². The van der Waals surface area contributed by atoms with Crippen LogP contribution in [0.3, 0.4) is 0 Å². The summed E-state index contributed by atoms with van der Waals surface area (Å²) in [7, 11) is -1.28. The second kappa shape index (κ2) is 11.5. The van der Waals surface area contributed by atoms with Crippen molar-refractivity contribution in [2.75, 3.05) is 30.5 Å². The monoisotopic (exact) mass is 571 g/mol. The van der Waals surface area contributed by atoms with E-state index in [0.29, 0.717) is 73.1 Å². The molecule has 1 aliphatic carbocycles. The first-order chi connectivity index (χ1) is 19.5. The van der Waals surface area contributed by atoms with Gasteiger partial charge in [0, 0.05) is 30.3 Å². The molecule has 1 atom stereocenters. The van der Waals surface area contributed by atoms with E-state index < -0.39 is 11.0 Å². The summed E-state index contributed by atoms with van der Waals surface area (Å²) in [6.45, 7) is 1.73. The van der Waals surface area contributed by atoms with Crippen LogP contribution in [-0.2, 0) is 28.7 Å². The largest absolute Gasteiger partial charge is 0.478 e. The zero-order valence-corrected chi connectivity index (χ0v) is 23.1. The van der Waals surface area contributed by atoms with Gasteiger partial charge in [0.1, 0.15) is 5.82 Å². The molecule has 12 heteroatoms. The Balaban J connectivity index is 1.07. The number of aliphatic hydroxyl groups is 1. The van der Waals surface area contributed by atoms with Gasteiger partial charge < -0.3 is 24.6 Å². The molecule has 2 saturated heterocycles. The van der Waals surface area contributed by atoms with Crippen LogP contribution >= 0.6 is 0 Å². The van der Waals surface area contributed by atoms with Crippen molar-refractivity contribution < 1.29 is 27.9 Å². The minimum Gasteiger partial charge on any atom is -0.478 e. The smallest absolute Gasteiger partial charge is 0.213 e. The predicted molar refractivity (Wildman–Crippen MR) is 148 cm³/mol. The summed E-state index contributed by atoms with van der Waals surface area (Å²) < 4.78 is 47.2. The molecule has 3 aromatic heterocycles. The highest BCUT2D eigenvalue weighted by molar-refractivity contribution is 7.86. The fourth-order valence-corrected chi connectivity index (χ4v) is 6.42. The van der Waals surface area contributed by atoms with Crippen molar-refractivity contribution in [3.8, 4) is 11.6 Å². The molecular formula is C28H34FN5O5S. The standard InChI is InChI=1S/C28H34FN5O5S/c29-21-16-30-22-4-6-24(37-14-2-1-13-35)33-25(22)20(21)7-8-28-11-9-27(10-12-28,17-39-28)31-15-19-3-5-23-26(32-19)34-40(36)18-38-23/h3-6,16,31,35H,1-2,7-15,17-18H2,(H,32,34). The molecule has 0 amide bonds. The highest BCUT2D eigenvalue weighted by Gasteiger charge is 2.49. The Bertz CT molecular complexity index is 1380. The normalized spacial score (nSPS) is 25.3. The second-order valence-electron chi connectivity index (χ2n) is 10.8. The molecule has 214 valence electrons. The number of halogens is 1. The summed E-state index contributed by atoms with van der Waals surface area (Å²) in [4.78, 5) is 13.4. The van der Waals surface area contributed by atoms with Crippen LogP contribution in [-0.4, -0.2) is 61.2 Å². The molecule has 10 nitrogen and oxygen atoms in total. The van der Waals surface area contributed by atoms with E-state index in [1.807, 2.05) is 18.2 Å². The summed E-state index contributed by atoms with van der Waals surface area (Å²) >= 11 is 0. The van der Waals surface area contributed by atoms with Crippen LogP contribution < -0.4 is 19.5 Å². The van der Waals surface area contributed by atoms with E-state index >= 15 is 0 Å². The van der Waals surface area contributed by atoms with Gasteiger partial charge in [-0.1, -0.05) is 0 Å². The van der Waals surface area contributed by atoms with Gasteiger partial charge in [0.15, 0.2) is 28.5 Å². The Morgan fingerprint density at radius 3 is 2.83 bits per heavy atom. The average Bonchev–Trinajstić information content (AvgIpc) is 2.98. The molecule has 0 radical (unpaired) electrons. The molecule has 3 aromatic rings. The van der Waals surface area contributed by atoms with E-state index in [1.165, 1.54) is 6.20 Å². The summed E-state index contributed by atoms with van der Waals surface area (Å²) in [5.41, 5.74) is 2.15. The highest BCUT2D eigenvalue weighted by atomic mass is 32.2. The Kier molecular flexibility index (Phi) is 7.84. The number of anilines is 1. The van der Waals surface area contributed by atoms with E-state index in [1.54, 1.807) is 6.07 Å². The lowest BCUT2D eigenvalue weighted by Crippen LogP contribution is -2.61. The number of hydrogen-bond acceptors (Lipinski definition) is 9. The van der Waals surface area contributed by atoms with Crippen molar-refractivity contribution in [2.45, 2.75) is 69.1 Å². The van der Waals surface area contributed by atoms with E-state index in [4.69, 9.17) is 19.3 Å². The number of aryl methyl sites for hydroxylation is 1. The molecular weight excluding hydrogens is 537 g/mol. The van der Waals surface area contributed by atoms with Gasteiger partial charge in [-0.25, -0.2) is 18.6 Å². The number of aromatic nitrogens is 3. The fraction of sp³-hybridized carbons (Fsp3) is 0.536. The van der Waals surface area contributed by atoms with Gasteiger partial charge in [-0.3, -0.25) is 9.71 Å². The molecule has 3 aliphatic heterocycles. The van der Waals surface area contributed by atoms with Crippen molar-refractivity contribution in [1.29, 1.82) is 0 Å². The number of unbranched alkanes of at least 4 members (excludes halogenated alkanes) is 1. The molecule has 7 rings (SSSR count). The SMILES string of the molecule is O=S1COc2ccc(CNC34CCC(CCc5c(F)cnc6ccc(OCCCCO)nc56)(CC3)OC4)nc2N1. The number of hydrogen-bond donors (Lipinski definition) is 3. The first-order valence-corrected chi connectivity index (χ1v) is 15.1. The molecule has 40 heavy (non-hydrogen) atoms. The summed E-state index contributed by atoms with van der Waals surface area (Å²) in [5.74, 6) is 1.31. The third-order valence-corrected chi connectivity index (χ3v) is 8.99. The van der Waals surface area contributed by atoms with Crippen molar-refractivity contribution in [3.63, 3.8) is 0 Å². The number of fused-ring (bicyclic) bond motifs is 5. The van der Waals surface area contributed by atoms with Gasteiger partial charge >= 0.3 is 0 Å². The molecule has 4 aliphatic rings. The van der Waals surface area contributed by atoms with Crippen LogP contribution in [0.2, 0.25) is 0 Å². The zero-order valence-electron chi connectivity index (χ0n) is 22.3. The van der Waals surface area contributed by atoms with Crippen LogP contribution in [0.15, 0.2) is 30.5 Å². The van der Waals surface area contributed by atoms with Gasteiger partial charge in [0.05, 0.1) is 41.7 Å². The van der Waals surface area contributed by atoms with E-state index in [9.17, 15) is 8.60 Å². The number of rotatable bonds is 11. The molecule has 3 N–H and O–H groups in total. The molecule has 1 unspecified atom stereocenters. The number of ether oxygens (including phenoxy) is 3. The minimum atomic E-state index is -1.28. The lowest BCUT2D eigenvalue weighted by atomic mass is 9.69. The summed E-state index contributed by atoms with van der Waals surface area (Å²) in [5, 5.41) is 12.6. The van der Waals surface area contributed by atoms with Crippen molar-refractivity contribution in [2.24, 2.45) is 0 Å². The maximum atomic E-state index is 15.0. The molecule has 0 spiro atoms. The molecule has 2 bridgehead atoms. The van der Waals surface area contributed by atoms with Crippen LogP contribution in [0.25, 0.3) is 11.0 Å². The van der Waals surface area contributed by atoms with Gasteiger partial charge in [0.2, 0.25) is 5.88 Å².